The van der Waals surface area contributed by atoms with Crippen LogP contribution in [0, 0.1) is 0 Å². The van der Waals surface area contributed by atoms with E-state index in [4.69, 9.17) is 13.9 Å². The molecule has 0 unspecified atom stereocenters. The van der Waals surface area contributed by atoms with Crippen molar-refractivity contribution in [3.63, 3.8) is 0 Å². The highest BCUT2D eigenvalue weighted by Gasteiger charge is 2.22. The van der Waals surface area contributed by atoms with Gasteiger partial charge in [0, 0.05) is 30.2 Å². The molecule has 0 radical (unpaired) electrons. The molecule has 6 heteroatoms. The number of hydrogen-bond donors (Lipinski definition) is 0. The van der Waals surface area contributed by atoms with Gasteiger partial charge in [-0.25, -0.2) is 9.59 Å². The SMILES string of the molecule is CC(C)(C)OC(=O)c1cc2ccc(N3CCOCC3)cc2oc1=O. The van der Waals surface area contributed by atoms with Crippen molar-refractivity contribution in [3.05, 3.63) is 40.2 Å². The second-order valence-electron chi connectivity index (χ2n) is 6.77. The number of carbonyl (C=O) groups is 1. The van der Waals surface area contributed by atoms with Crippen LogP contribution in [0.4, 0.5) is 5.69 Å². The number of ether oxygens (including phenoxy) is 2. The van der Waals surface area contributed by atoms with Crippen LogP contribution in [0.15, 0.2) is 33.5 Å². The van der Waals surface area contributed by atoms with Crippen molar-refractivity contribution < 1.29 is 18.7 Å². The number of esters is 1. The Morgan fingerprint density at radius 2 is 1.88 bits per heavy atom. The first-order valence-electron chi connectivity index (χ1n) is 7.97. The molecule has 0 aliphatic carbocycles. The Labute approximate surface area is 140 Å². The molecule has 1 aliphatic rings. The minimum Gasteiger partial charge on any atom is -0.456 e. The first-order chi connectivity index (χ1) is 11.3. The first-order valence-corrected chi connectivity index (χ1v) is 7.97. The van der Waals surface area contributed by atoms with Crippen LogP contribution in [0.5, 0.6) is 0 Å². The molecule has 0 saturated carbocycles. The third kappa shape index (κ3) is 3.59. The number of nitrogens with zero attached hydrogens (tertiary/aromatic N) is 1. The summed E-state index contributed by atoms with van der Waals surface area (Å²) in [6.45, 7) is 8.21. The summed E-state index contributed by atoms with van der Waals surface area (Å²) in [5.74, 6) is -0.671. The maximum absolute atomic E-state index is 12.1. The zero-order valence-electron chi connectivity index (χ0n) is 14.1. The molecule has 0 bridgehead atoms. The molecule has 0 N–H and O–H groups in total. The van der Waals surface area contributed by atoms with Crippen molar-refractivity contribution in [1.29, 1.82) is 0 Å². The maximum Gasteiger partial charge on any atom is 0.351 e. The summed E-state index contributed by atoms with van der Waals surface area (Å²) < 4.78 is 15.9. The predicted octanol–water partition coefficient (Wildman–Crippen LogP) is 2.58. The molecule has 24 heavy (non-hydrogen) atoms. The second-order valence-corrected chi connectivity index (χ2v) is 6.77. The number of carbonyl (C=O) groups excluding carboxylic acids is 1. The largest absolute Gasteiger partial charge is 0.456 e. The predicted molar refractivity (Wildman–Crippen MR) is 90.7 cm³/mol. The van der Waals surface area contributed by atoms with E-state index in [1.54, 1.807) is 20.8 Å². The number of hydrogen-bond acceptors (Lipinski definition) is 6. The van der Waals surface area contributed by atoms with Crippen molar-refractivity contribution in [1.82, 2.24) is 0 Å². The number of morpholine rings is 1. The van der Waals surface area contributed by atoms with E-state index in [2.05, 4.69) is 4.90 Å². The van der Waals surface area contributed by atoms with E-state index in [-0.39, 0.29) is 5.56 Å². The lowest BCUT2D eigenvalue weighted by atomic mass is 10.1. The van der Waals surface area contributed by atoms with E-state index in [9.17, 15) is 9.59 Å². The molecule has 128 valence electrons. The van der Waals surface area contributed by atoms with E-state index in [0.29, 0.717) is 24.2 Å². The summed E-state index contributed by atoms with van der Waals surface area (Å²) in [5.41, 5.74) is -0.0127. The topological polar surface area (TPSA) is 69.0 Å². The van der Waals surface area contributed by atoms with Gasteiger partial charge in [-0.1, -0.05) is 0 Å². The average molecular weight is 331 g/mol. The fourth-order valence-corrected chi connectivity index (χ4v) is 2.59. The normalized spacial score (nSPS) is 15.5. The third-order valence-electron chi connectivity index (χ3n) is 3.71. The summed E-state index contributed by atoms with van der Waals surface area (Å²) in [6, 6.07) is 7.14. The number of benzene rings is 1. The Hall–Kier alpha value is -2.34. The number of rotatable bonds is 2. The van der Waals surface area contributed by atoms with Crippen LogP contribution in [0.2, 0.25) is 0 Å². The Kier molecular flexibility index (Phi) is 4.32. The Bertz CT molecular complexity index is 812. The molecule has 1 saturated heterocycles. The highest BCUT2D eigenvalue weighted by Crippen LogP contribution is 2.23. The van der Waals surface area contributed by atoms with Crippen LogP contribution in [-0.4, -0.2) is 37.9 Å². The molecular formula is C18H21NO5. The molecule has 6 nitrogen and oxygen atoms in total. The van der Waals surface area contributed by atoms with E-state index < -0.39 is 17.2 Å². The molecule has 0 amide bonds. The molecule has 2 heterocycles. The van der Waals surface area contributed by atoms with Gasteiger partial charge in [0.25, 0.3) is 0 Å². The van der Waals surface area contributed by atoms with Gasteiger partial charge in [-0.15, -0.1) is 0 Å². The summed E-state index contributed by atoms with van der Waals surface area (Å²) >= 11 is 0. The van der Waals surface area contributed by atoms with Crippen LogP contribution < -0.4 is 10.5 Å². The van der Waals surface area contributed by atoms with Crippen molar-refractivity contribution in [2.45, 2.75) is 26.4 Å². The molecule has 0 spiro atoms. The van der Waals surface area contributed by atoms with Gasteiger partial charge >= 0.3 is 11.6 Å². The Morgan fingerprint density at radius 1 is 1.17 bits per heavy atom. The summed E-state index contributed by atoms with van der Waals surface area (Å²) in [7, 11) is 0. The van der Waals surface area contributed by atoms with Gasteiger partial charge in [-0.05, 0) is 39.0 Å². The fourth-order valence-electron chi connectivity index (χ4n) is 2.59. The van der Waals surface area contributed by atoms with Gasteiger partial charge in [0.15, 0.2) is 0 Å². The molecule has 1 aromatic heterocycles. The monoisotopic (exact) mass is 331 g/mol. The summed E-state index contributed by atoms with van der Waals surface area (Å²) in [6.07, 6.45) is 0. The van der Waals surface area contributed by atoms with E-state index in [1.165, 1.54) is 6.07 Å². The van der Waals surface area contributed by atoms with Crippen molar-refractivity contribution >= 4 is 22.6 Å². The number of anilines is 1. The molecule has 3 rings (SSSR count). The Balaban J connectivity index is 1.94. The lowest BCUT2D eigenvalue weighted by Gasteiger charge is -2.28. The molecule has 1 aromatic carbocycles. The molecule has 1 fully saturated rings. The van der Waals surface area contributed by atoms with Crippen molar-refractivity contribution in [2.24, 2.45) is 0 Å². The van der Waals surface area contributed by atoms with Gasteiger partial charge in [-0.2, -0.15) is 0 Å². The Morgan fingerprint density at radius 3 is 2.54 bits per heavy atom. The smallest absolute Gasteiger partial charge is 0.351 e. The van der Waals surface area contributed by atoms with Crippen LogP contribution in [0.3, 0.4) is 0 Å². The van der Waals surface area contributed by atoms with Crippen LogP contribution in [-0.2, 0) is 9.47 Å². The van der Waals surface area contributed by atoms with Gasteiger partial charge in [0.2, 0.25) is 0 Å². The lowest BCUT2D eigenvalue weighted by molar-refractivity contribution is 0.00654. The standard InChI is InChI=1S/C18H21NO5/c1-18(2,3)24-17(21)14-10-12-4-5-13(11-15(12)23-16(14)20)19-6-8-22-9-7-19/h4-5,10-11H,6-9H2,1-3H3. The van der Waals surface area contributed by atoms with Gasteiger partial charge in [0.1, 0.15) is 16.7 Å². The zero-order valence-corrected chi connectivity index (χ0v) is 14.1. The third-order valence-corrected chi connectivity index (χ3v) is 3.71. The van der Waals surface area contributed by atoms with Gasteiger partial charge < -0.3 is 18.8 Å². The van der Waals surface area contributed by atoms with Crippen LogP contribution in [0.1, 0.15) is 31.1 Å². The second kappa shape index (κ2) is 6.28. The highest BCUT2D eigenvalue weighted by molar-refractivity contribution is 5.93. The minimum absolute atomic E-state index is 0.0865. The molecule has 0 atom stereocenters. The lowest BCUT2D eigenvalue weighted by Crippen LogP contribution is -2.36. The van der Waals surface area contributed by atoms with Gasteiger partial charge in [0.05, 0.1) is 13.2 Å². The van der Waals surface area contributed by atoms with E-state index in [0.717, 1.165) is 18.8 Å². The van der Waals surface area contributed by atoms with Gasteiger partial charge in [-0.3, -0.25) is 0 Å². The zero-order chi connectivity index (χ0) is 17.3. The van der Waals surface area contributed by atoms with E-state index in [1.807, 2.05) is 18.2 Å². The average Bonchev–Trinajstić information content (AvgIpc) is 2.53. The van der Waals surface area contributed by atoms with E-state index >= 15 is 0 Å². The quantitative estimate of drug-likeness (QED) is 0.622. The molecule has 2 aromatic rings. The molecular weight excluding hydrogens is 310 g/mol. The van der Waals surface area contributed by atoms with Crippen molar-refractivity contribution in [3.8, 4) is 0 Å². The molecule has 1 aliphatic heterocycles. The van der Waals surface area contributed by atoms with Crippen LogP contribution >= 0.6 is 0 Å². The fraction of sp³-hybridized carbons (Fsp3) is 0.444. The summed E-state index contributed by atoms with van der Waals surface area (Å²) in [4.78, 5) is 26.5. The van der Waals surface area contributed by atoms with Crippen LogP contribution in [0.25, 0.3) is 11.0 Å². The van der Waals surface area contributed by atoms with Crippen molar-refractivity contribution in [2.75, 3.05) is 31.2 Å². The number of fused-ring (bicyclic) bond motifs is 1. The minimum atomic E-state index is -0.684. The highest BCUT2D eigenvalue weighted by atomic mass is 16.6. The maximum atomic E-state index is 12.1. The first kappa shape index (κ1) is 16.5. The summed E-state index contributed by atoms with van der Waals surface area (Å²) in [5, 5.41) is 0.687.